The quantitative estimate of drug-likeness (QED) is 0.121. The molecule has 0 radical (unpaired) electrons. The summed E-state index contributed by atoms with van der Waals surface area (Å²) in [5.41, 5.74) is 26.3. The molecule has 0 saturated heterocycles. The highest BCUT2D eigenvalue weighted by atomic mass is 16.3. The maximum absolute atomic E-state index is 6.89. The van der Waals surface area contributed by atoms with Gasteiger partial charge in [-0.15, -0.1) is 0 Å². The molecular formula is C98H60N2O4. The zero-order valence-electron chi connectivity index (χ0n) is 56.2. The van der Waals surface area contributed by atoms with Crippen LogP contribution in [0.4, 0.5) is 34.1 Å². The molecule has 0 unspecified atom stereocenters. The average Bonchev–Trinajstić information content (AvgIpc) is 1.51. The molecule has 0 bridgehead atoms. The second-order valence-electron chi connectivity index (χ2n) is 27.0. The van der Waals surface area contributed by atoms with Gasteiger partial charge in [0.2, 0.25) is 0 Å². The fraction of sp³-hybridized carbons (Fsp3) is 0. The molecular weight excluding hydrogens is 1270 g/mol. The molecule has 0 aliphatic carbocycles. The predicted molar refractivity (Wildman–Crippen MR) is 433 cm³/mol. The molecule has 0 aliphatic heterocycles. The van der Waals surface area contributed by atoms with Crippen molar-refractivity contribution in [2.45, 2.75) is 0 Å². The third-order valence-electron chi connectivity index (χ3n) is 21.1. The fourth-order valence-corrected chi connectivity index (χ4v) is 16.0. The Balaban J connectivity index is 0.591. The second-order valence-corrected chi connectivity index (χ2v) is 27.0. The van der Waals surface area contributed by atoms with Gasteiger partial charge in [-0.25, -0.2) is 0 Å². The molecule has 4 heterocycles. The van der Waals surface area contributed by atoms with Crippen LogP contribution in [0.1, 0.15) is 0 Å². The van der Waals surface area contributed by atoms with Crippen molar-refractivity contribution in [1.82, 2.24) is 0 Å². The number of hydrogen-bond donors (Lipinski definition) is 0. The lowest BCUT2D eigenvalue weighted by molar-refractivity contribution is 0.668. The van der Waals surface area contributed by atoms with Crippen LogP contribution < -0.4 is 9.80 Å². The number of anilines is 6. The molecule has 6 heteroatoms. The van der Waals surface area contributed by atoms with Crippen LogP contribution >= 0.6 is 0 Å². The van der Waals surface area contributed by atoms with Gasteiger partial charge in [-0.3, -0.25) is 0 Å². The Kier molecular flexibility index (Phi) is 13.5. The molecule has 486 valence electrons. The van der Waals surface area contributed by atoms with E-state index in [9.17, 15) is 0 Å². The Morgan fingerprint density at radius 1 is 0.163 bits per heavy atom. The van der Waals surface area contributed by atoms with E-state index in [1.165, 1.54) is 21.7 Å². The number of furan rings is 4. The normalized spacial score (nSPS) is 11.8. The summed E-state index contributed by atoms with van der Waals surface area (Å²) < 4.78 is 26.4. The fourth-order valence-electron chi connectivity index (χ4n) is 16.0. The minimum atomic E-state index is 0.831. The summed E-state index contributed by atoms with van der Waals surface area (Å²) in [6.07, 6.45) is 0. The molecule has 0 amide bonds. The molecule has 21 aromatic rings. The molecule has 17 aromatic carbocycles. The minimum absolute atomic E-state index is 0.831. The first kappa shape index (κ1) is 59.0. The van der Waals surface area contributed by atoms with Gasteiger partial charge >= 0.3 is 0 Å². The zero-order chi connectivity index (χ0) is 68.3. The van der Waals surface area contributed by atoms with Crippen molar-refractivity contribution in [1.29, 1.82) is 0 Å². The third-order valence-corrected chi connectivity index (χ3v) is 21.1. The maximum atomic E-state index is 6.89. The molecule has 0 atom stereocenters. The highest BCUT2D eigenvalue weighted by Gasteiger charge is 2.25. The summed E-state index contributed by atoms with van der Waals surface area (Å²) in [6, 6.07) is 130. The van der Waals surface area contributed by atoms with Crippen molar-refractivity contribution in [2.24, 2.45) is 0 Å². The average molecular weight is 1330 g/mol. The van der Waals surface area contributed by atoms with E-state index in [1.54, 1.807) is 0 Å². The molecule has 0 N–H and O–H groups in total. The van der Waals surface area contributed by atoms with E-state index >= 15 is 0 Å². The van der Waals surface area contributed by atoms with Crippen LogP contribution in [-0.4, -0.2) is 0 Å². The van der Waals surface area contributed by atoms with Crippen molar-refractivity contribution in [3.8, 4) is 66.8 Å². The summed E-state index contributed by atoms with van der Waals surface area (Å²) in [5, 5.41) is 13.5. The van der Waals surface area contributed by atoms with E-state index in [2.05, 4.69) is 337 Å². The van der Waals surface area contributed by atoms with Crippen molar-refractivity contribution < 1.29 is 17.7 Å². The first-order valence-electron chi connectivity index (χ1n) is 35.3. The second kappa shape index (κ2) is 23.9. The van der Waals surface area contributed by atoms with Crippen molar-refractivity contribution in [3.05, 3.63) is 364 Å². The van der Waals surface area contributed by atoms with Gasteiger partial charge in [0.05, 0.1) is 11.4 Å². The Morgan fingerprint density at radius 2 is 0.471 bits per heavy atom. The molecule has 21 rings (SSSR count). The highest BCUT2D eigenvalue weighted by molar-refractivity contribution is 6.17. The number of fused-ring (bicyclic) bond motifs is 14. The van der Waals surface area contributed by atoms with E-state index in [1.807, 2.05) is 36.4 Å². The van der Waals surface area contributed by atoms with Gasteiger partial charge in [0, 0.05) is 89.1 Å². The Morgan fingerprint density at radius 3 is 1.01 bits per heavy atom. The van der Waals surface area contributed by atoms with Crippen LogP contribution in [0, 0.1) is 0 Å². The Labute approximate surface area is 598 Å². The largest absolute Gasteiger partial charge is 0.456 e. The van der Waals surface area contributed by atoms with Crippen LogP contribution in [0.15, 0.2) is 382 Å². The zero-order valence-corrected chi connectivity index (χ0v) is 56.2. The Bertz CT molecular complexity index is 6990. The topological polar surface area (TPSA) is 59.0 Å². The van der Waals surface area contributed by atoms with Gasteiger partial charge in [0.15, 0.2) is 0 Å². The number of rotatable bonds is 12. The van der Waals surface area contributed by atoms with E-state index in [0.717, 1.165) is 188 Å². The lowest BCUT2D eigenvalue weighted by Crippen LogP contribution is -2.11. The molecule has 104 heavy (non-hydrogen) atoms. The SMILES string of the molecule is c1ccc(N(c2ccc(-c3ccc(-c4ccc5ccc(-c6ccc7c(c6)oc6cccc(-c8ccccc8N(c8ccc(-c9ccc%10ccccc%10c9)cc8)c8ccc9c(c8)oc8ccccc89)c67)cc5c4)cc3)cc2)c2ccc3c(c2)oc2ccccc23)c(-c2cccc3oc4ccccc4c23)c1. The van der Waals surface area contributed by atoms with E-state index in [0.29, 0.717) is 0 Å². The van der Waals surface area contributed by atoms with Crippen LogP contribution in [0.25, 0.3) is 176 Å². The molecule has 0 spiro atoms. The van der Waals surface area contributed by atoms with E-state index < -0.39 is 0 Å². The summed E-state index contributed by atoms with van der Waals surface area (Å²) in [4.78, 5) is 4.71. The van der Waals surface area contributed by atoms with Crippen LogP contribution in [0.2, 0.25) is 0 Å². The molecule has 0 saturated carbocycles. The standard InChI is InChI=1S/C98H60N2O4/c1-2-16-67-55-68(38-35-61(67)15-1)65-43-48-74(49-44-65)100(76-51-54-82-80-20-6-11-27-90(80)103-96(82)60-76)88-25-9-4-18-78(88)84-23-14-30-93-98(84)86-52-45-71(58-94(86)104-93)70-40-37-66-36-39-69(56-72(66)57-70)64-33-31-62(32-34-64)63-41-46-73(47-42-63)99(75-50-53-81-79-19-5-10-26-89(79)102-95(81)59-75)87-24-8-3-17-77(87)83-22-13-29-92-97(83)85-21-7-12-28-91(85)101-92/h1-60H. The van der Waals surface area contributed by atoms with E-state index in [-0.39, 0.29) is 0 Å². The van der Waals surface area contributed by atoms with E-state index in [4.69, 9.17) is 17.7 Å². The van der Waals surface area contributed by atoms with Gasteiger partial charge in [-0.1, -0.05) is 231 Å². The van der Waals surface area contributed by atoms with Gasteiger partial charge in [0.25, 0.3) is 0 Å². The van der Waals surface area contributed by atoms with Gasteiger partial charge in [-0.05, 0) is 199 Å². The maximum Gasteiger partial charge on any atom is 0.137 e. The number of nitrogens with zero attached hydrogens (tertiary/aromatic N) is 2. The van der Waals surface area contributed by atoms with Gasteiger partial charge < -0.3 is 27.5 Å². The first-order valence-corrected chi connectivity index (χ1v) is 35.3. The summed E-state index contributed by atoms with van der Waals surface area (Å²) >= 11 is 0. The lowest BCUT2D eigenvalue weighted by Gasteiger charge is -2.28. The molecule has 0 fully saturated rings. The number of benzene rings is 17. The highest BCUT2D eigenvalue weighted by Crippen LogP contribution is 2.50. The predicted octanol–water partition coefficient (Wildman–Crippen LogP) is 28.5. The van der Waals surface area contributed by atoms with Crippen molar-refractivity contribution in [2.75, 3.05) is 9.80 Å². The first-order chi connectivity index (χ1) is 51.5. The summed E-state index contributed by atoms with van der Waals surface area (Å²) in [5.74, 6) is 0. The minimum Gasteiger partial charge on any atom is -0.456 e. The number of hydrogen-bond acceptors (Lipinski definition) is 6. The van der Waals surface area contributed by atoms with Gasteiger partial charge in [-0.2, -0.15) is 0 Å². The third kappa shape index (κ3) is 9.87. The number of para-hydroxylation sites is 5. The lowest BCUT2D eigenvalue weighted by atomic mass is 9.95. The molecule has 4 aromatic heterocycles. The smallest absolute Gasteiger partial charge is 0.137 e. The van der Waals surface area contributed by atoms with Gasteiger partial charge in [0.1, 0.15) is 44.7 Å². The van der Waals surface area contributed by atoms with Crippen molar-refractivity contribution >= 4 is 143 Å². The Hall–Kier alpha value is -13.9. The van der Waals surface area contributed by atoms with Crippen molar-refractivity contribution in [3.63, 3.8) is 0 Å². The van der Waals surface area contributed by atoms with Crippen LogP contribution in [-0.2, 0) is 0 Å². The summed E-state index contributed by atoms with van der Waals surface area (Å²) in [7, 11) is 0. The molecule has 0 aliphatic rings. The van der Waals surface area contributed by atoms with Crippen LogP contribution in [0.5, 0.6) is 0 Å². The van der Waals surface area contributed by atoms with Crippen LogP contribution in [0.3, 0.4) is 0 Å². The monoisotopic (exact) mass is 1330 g/mol. The summed E-state index contributed by atoms with van der Waals surface area (Å²) in [6.45, 7) is 0. The molecule has 6 nitrogen and oxygen atoms in total.